The third-order valence-electron chi connectivity index (χ3n) is 2.81. The molecule has 2 aromatic rings. The number of hydrogen-bond donors (Lipinski definition) is 2. The Hall–Kier alpha value is -2.75. The minimum Gasteiger partial charge on any atom is -0.497 e. The fourth-order valence-corrected chi connectivity index (χ4v) is 1.69. The van der Waals surface area contributed by atoms with Crippen LogP contribution in [0.25, 0.3) is 0 Å². The van der Waals surface area contributed by atoms with Gasteiger partial charge in [-0.15, -0.1) is 0 Å². The molecule has 2 aromatic carbocycles. The molecule has 102 valence electrons. The fraction of sp³-hybridized carbons (Fsp3) is 0.0625. The maximum Gasteiger partial charge on any atom is 0.187 e. The molecule has 4 nitrogen and oxygen atoms in total. The molecule has 0 aliphatic rings. The summed E-state index contributed by atoms with van der Waals surface area (Å²) in [6.45, 7) is 0. The Morgan fingerprint density at radius 3 is 2.50 bits per heavy atom. The Bertz CT molecular complexity index is 619. The first-order valence-electron chi connectivity index (χ1n) is 6.16. The van der Waals surface area contributed by atoms with Gasteiger partial charge in [-0.1, -0.05) is 12.1 Å². The van der Waals surface area contributed by atoms with Crippen LogP contribution in [0.3, 0.4) is 0 Å². The molecule has 4 heteroatoms. The molecule has 0 unspecified atom stereocenters. The molecule has 0 spiro atoms. The van der Waals surface area contributed by atoms with E-state index in [0.29, 0.717) is 11.3 Å². The maximum absolute atomic E-state index is 11.9. The van der Waals surface area contributed by atoms with Crippen LogP contribution in [0.1, 0.15) is 10.4 Å². The quantitative estimate of drug-likeness (QED) is 0.497. The van der Waals surface area contributed by atoms with E-state index in [2.05, 4.69) is 5.32 Å². The molecule has 0 aliphatic heterocycles. The van der Waals surface area contributed by atoms with Gasteiger partial charge in [-0.05, 0) is 36.4 Å². The lowest BCUT2D eigenvalue weighted by atomic mass is 10.1. The van der Waals surface area contributed by atoms with Crippen molar-refractivity contribution in [2.75, 3.05) is 18.2 Å². The second-order valence-corrected chi connectivity index (χ2v) is 4.16. The van der Waals surface area contributed by atoms with Gasteiger partial charge in [-0.25, -0.2) is 0 Å². The van der Waals surface area contributed by atoms with E-state index in [9.17, 15) is 4.79 Å². The Kier molecular flexibility index (Phi) is 4.39. The number of anilines is 2. The fourth-order valence-electron chi connectivity index (χ4n) is 1.69. The monoisotopic (exact) mass is 268 g/mol. The molecule has 0 aliphatic carbocycles. The lowest BCUT2D eigenvalue weighted by Crippen LogP contribution is -1.98. The van der Waals surface area contributed by atoms with Crippen LogP contribution < -0.4 is 15.8 Å². The van der Waals surface area contributed by atoms with Gasteiger partial charge in [0.15, 0.2) is 5.78 Å². The standard InChI is InChI=1S/C16H16N2O2/c1-20-13-8-6-12(7-9-13)16(19)10-11-18-15-5-3-2-4-14(15)17/h2-11,18H,17H2,1H3/b11-10-. The highest BCUT2D eigenvalue weighted by molar-refractivity contribution is 6.04. The van der Waals surface area contributed by atoms with Gasteiger partial charge in [0.2, 0.25) is 0 Å². The minimum absolute atomic E-state index is 0.0883. The molecule has 20 heavy (non-hydrogen) atoms. The summed E-state index contributed by atoms with van der Waals surface area (Å²) in [5.74, 6) is 0.635. The van der Waals surface area contributed by atoms with E-state index in [4.69, 9.17) is 10.5 Å². The van der Waals surface area contributed by atoms with Gasteiger partial charge >= 0.3 is 0 Å². The molecule has 3 N–H and O–H groups in total. The number of hydrogen-bond acceptors (Lipinski definition) is 4. The summed E-state index contributed by atoms with van der Waals surface area (Å²) in [5, 5.41) is 2.99. The van der Waals surface area contributed by atoms with Gasteiger partial charge in [0.25, 0.3) is 0 Å². The van der Waals surface area contributed by atoms with Crippen molar-refractivity contribution in [3.8, 4) is 5.75 Å². The summed E-state index contributed by atoms with van der Waals surface area (Å²) in [6.07, 6.45) is 3.05. The molecule has 0 atom stereocenters. The summed E-state index contributed by atoms with van der Waals surface area (Å²) in [5.41, 5.74) is 7.79. The first kappa shape index (κ1) is 13.7. The van der Waals surface area contributed by atoms with Crippen LogP contribution in [0, 0.1) is 0 Å². The van der Waals surface area contributed by atoms with Crippen LogP contribution in [-0.2, 0) is 0 Å². The zero-order valence-corrected chi connectivity index (χ0v) is 11.2. The number of ether oxygens (including phenoxy) is 1. The normalized spacial score (nSPS) is 10.4. The van der Waals surface area contributed by atoms with E-state index in [1.807, 2.05) is 18.2 Å². The maximum atomic E-state index is 11.9. The van der Waals surface area contributed by atoms with Crippen LogP contribution in [0.2, 0.25) is 0 Å². The number of methoxy groups -OCH3 is 1. The van der Waals surface area contributed by atoms with Crippen molar-refractivity contribution < 1.29 is 9.53 Å². The number of nitrogen functional groups attached to an aromatic ring is 1. The summed E-state index contributed by atoms with van der Waals surface area (Å²) in [7, 11) is 1.59. The van der Waals surface area contributed by atoms with Crippen LogP contribution in [0.5, 0.6) is 5.75 Å². The molecule has 0 saturated carbocycles. The third kappa shape index (κ3) is 3.38. The van der Waals surface area contributed by atoms with Crippen molar-refractivity contribution in [3.05, 3.63) is 66.4 Å². The van der Waals surface area contributed by atoms with E-state index < -0.39 is 0 Å². The van der Waals surface area contributed by atoms with E-state index in [1.54, 1.807) is 43.6 Å². The van der Waals surface area contributed by atoms with E-state index in [-0.39, 0.29) is 5.78 Å². The predicted molar refractivity (Wildman–Crippen MR) is 80.9 cm³/mol. The molecule has 0 radical (unpaired) electrons. The molecule has 0 aromatic heterocycles. The smallest absolute Gasteiger partial charge is 0.187 e. The number of carbonyl (C=O) groups is 1. The highest BCUT2D eigenvalue weighted by Crippen LogP contribution is 2.16. The van der Waals surface area contributed by atoms with Crippen molar-refractivity contribution in [3.63, 3.8) is 0 Å². The number of rotatable bonds is 5. The topological polar surface area (TPSA) is 64.3 Å². The Balaban J connectivity index is 2.00. The van der Waals surface area contributed by atoms with Gasteiger partial charge in [0.1, 0.15) is 5.75 Å². The average molecular weight is 268 g/mol. The highest BCUT2D eigenvalue weighted by Gasteiger charge is 2.01. The Morgan fingerprint density at radius 1 is 1.15 bits per heavy atom. The number of ketones is 1. The van der Waals surface area contributed by atoms with Crippen molar-refractivity contribution in [1.82, 2.24) is 0 Å². The molecule has 0 heterocycles. The molecule has 0 bridgehead atoms. The Morgan fingerprint density at radius 2 is 1.85 bits per heavy atom. The summed E-state index contributed by atoms with van der Waals surface area (Å²) < 4.78 is 5.05. The first-order chi connectivity index (χ1) is 9.70. The van der Waals surface area contributed by atoms with E-state index in [1.165, 1.54) is 6.08 Å². The van der Waals surface area contributed by atoms with Gasteiger partial charge in [0, 0.05) is 17.8 Å². The molecular weight excluding hydrogens is 252 g/mol. The van der Waals surface area contributed by atoms with E-state index in [0.717, 1.165) is 11.4 Å². The molecule has 0 saturated heterocycles. The van der Waals surface area contributed by atoms with Gasteiger partial charge in [-0.2, -0.15) is 0 Å². The van der Waals surface area contributed by atoms with Crippen molar-refractivity contribution in [2.24, 2.45) is 0 Å². The number of allylic oxidation sites excluding steroid dienone is 1. The van der Waals surface area contributed by atoms with Crippen LogP contribution in [-0.4, -0.2) is 12.9 Å². The number of para-hydroxylation sites is 2. The summed E-state index contributed by atoms with van der Waals surface area (Å²) in [6, 6.07) is 14.3. The number of benzene rings is 2. The van der Waals surface area contributed by atoms with Gasteiger partial charge < -0.3 is 15.8 Å². The van der Waals surface area contributed by atoms with Crippen LogP contribution in [0.4, 0.5) is 11.4 Å². The molecule has 2 rings (SSSR count). The van der Waals surface area contributed by atoms with Crippen LogP contribution in [0.15, 0.2) is 60.8 Å². The number of carbonyl (C=O) groups excluding carboxylic acids is 1. The lowest BCUT2D eigenvalue weighted by Gasteiger charge is -2.04. The zero-order chi connectivity index (χ0) is 14.4. The second kappa shape index (κ2) is 6.43. The van der Waals surface area contributed by atoms with Crippen molar-refractivity contribution >= 4 is 17.2 Å². The summed E-state index contributed by atoms with van der Waals surface area (Å²) >= 11 is 0. The average Bonchev–Trinajstić information content (AvgIpc) is 2.49. The number of nitrogens with two attached hydrogens (primary N) is 1. The molecule has 0 amide bonds. The third-order valence-corrected chi connectivity index (χ3v) is 2.81. The SMILES string of the molecule is COc1ccc(C(=O)/C=C\Nc2ccccc2N)cc1. The van der Waals surface area contributed by atoms with Gasteiger partial charge in [-0.3, -0.25) is 4.79 Å². The largest absolute Gasteiger partial charge is 0.497 e. The van der Waals surface area contributed by atoms with Gasteiger partial charge in [0.05, 0.1) is 18.5 Å². The summed E-state index contributed by atoms with van der Waals surface area (Å²) in [4.78, 5) is 11.9. The second-order valence-electron chi connectivity index (χ2n) is 4.16. The highest BCUT2D eigenvalue weighted by atomic mass is 16.5. The van der Waals surface area contributed by atoms with Crippen molar-refractivity contribution in [2.45, 2.75) is 0 Å². The predicted octanol–water partition coefficient (Wildman–Crippen LogP) is 3.09. The van der Waals surface area contributed by atoms with Crippen molar-refractivity contribution in [1.29, 1.82) is 0 Å². The zero-order valence-electron chi connectivity index (χ0n) is 11.2. The Labute approximate surface area is 117 Å². The van der Waals surface area contributed by atoms with Crippen LogP contribution >= 0.6 is 0 Å². The minimum atomic E-state index is -0.0883. The number of nitrogens with one attached hydrogen (secondary N) is 1. The van der Waals surface area contributed by atoms with E-state index >= 15 is 0 Å². The lowest BCUT2D eigenvalue weighted by molar-refractivity contribution is 0.104. The molecular formula is C16H16N2O2. The first-order valence-corrected chi connectivity index (χ1v) is 6.16. The molecule has 0 fully saturated rings.